The van der Waals surface area contributed by atoms with Gasteiger partial charge in [0.05, 0.1) is 16.0 Å². The van der Waals surface area contributed by atoms with Crippen LogP contribution >= 0.6 is 23.1 Å². The molecule has 0 N–H and O–H groups in total. The van der Waals surface area contributed by atoms with Crippen molar-refractivity contribution >= 4 is 34.1 Å². The summed E-state index contributed by atoms with van der Waals surface area (Å²) in [5.41, 5.74) is 0.854. The Hall–Kier alpha value is -2.42. The van der Waals surface area contributed by atoms with Crippen LogP contribution in [0.25, 0.3) is 0 Å². The second-order valence-corrected chi connectivity index (χ2v) is 7.19. The minimum Gasteiger partial charge on any atom is -0.284 e. The third-order valence-corrected chi connectivity index (χ3v) is 5.42. The van der Waals surface area contributed by atoms with Crippen LogP contribution in [0.2, 0.25) is 0 Å². The highest BCUT2D eigenvalue weighted by molar-refractivity contribution is 8.01. The van der Waals surface area contributed by atoms with Crippen molar-refractivity contribution in [2.75, 3.05) is 4.90 Å². The van der Waals surface area contributed by atoms with E-state index in [0.717, 1.165) is 12.8 Å². The fourth-order valence-electron chi connectivity index (χ4n) is 2.13. The predicted octanol–water partition coefficient (Wildman–Crippen LogP) is 2.95. The molecule has 0 aliphatic heterocycles. The van der Waals surface area contributed by atoms with Gasteiger partial charge in [0.15, 0.2) is 4.34 Å². The van der Waals surface area contributed by atoms with Gasteiger partial charge in [0.25, 0.3) is 0 Å². The van der Waals surface area contributed by atoms with Crippen LogP contribution in [-0.2, 0) is 4.79 Å². The molecule has 3 rings (SSSR count). The van der Waals surface area contributed by atoms with E-state index in [2.05, 4.69) is 22.3 Å². The number of rotatable bonds is 4. The summed E-state index contributed by atoms with van der Waals surface area (Å²) in [7, 11) is 0. The van der Waals surface area contributed by atoms with E-state index in [9.17, 15) is 15.3 Å². The first kappa shape index (κ1) is 15.5. The molecule has 0 unspecified atom stereocenters. The van der Waals surface area contributed by atoms with Gasteiger partial charge in [0.1, 0.15) is 12.1 Å². The van der Waals surface area contributed by atoms with Crippen molar-refractivity contribution in [1.82, 2.24) is 10.2 Å². The maximum Gasteiger partial charge on any atom is 0.225 e. The SMILES string of the molecule is CC(=O)N(c1nnc(Sc2c(C#N)cccc2C#N)s1)C1CC1. The molecule has 114 valence electrons. The molecular weight excluding hydrogens is 330 g/mol. The summed E-state index contributed by atoms with van der Waals surface area (Å²) < 4.78 is 0.603. The first-order chi connectivity index (χ1) is 11.1. The third kappa shape index (κ3) is 3.19. The Balaban J connectivity index is 1.90. The second-order valence-electron chi connectivity index (χ2n) is 4.98. The molecule has 0 saturated heterocycles. The molecule has 1 saturated carbocycles. The number of nitrogens with zero attached hydrogens (tertiary/aromatic N) is 5. The maximum absolute atomic E-state index is 11.8. The second kappa shape index (κ2) is 6.37. The average Bonchev–Trinajstić information content (AvgIpc) is 3.26. The van der Waals surface area contributed by atoms with E-state index >= 15 is 0 Å². The number of anilines is 1. The van der Waals surface area contributed by atoms with E-state index in [1.54, 1.807) is 23.1 Å². The van der Waals surface area contributed by atoms with Crippen molar-refractivity contribution in [2.45, 2.75) is 35.0 Å². The molecule has 1 aromatic carbocycles. The highest BCUT2D eigenvalue weighted by atomic mass is 32.2. The van der Waals surface area contributed by atoms with Gasteiger partial charge < -0.3 is 0 Å². The Morgan fingerprint density at radius 2 is 1.96 bits per heavy atom. The van der Waals surface area contributed by atoms with E-state index < -0.39 is 0 Å². The predicted molar refractivity (Wildman–Crippen MR) is 86.1 cm³/mol. The molecule has 0 atom stereocenters. The highest BCUT2D eigenvalue weighted by Crippen LogP contribution is 2.39. The largest absolute Gasteiger partial charge is 0.284 e. The molecule has 1 aliphatic rings. The zero-order valence-corrected chi connectivity index (χ0v) is 13.8. The average molecular weight is 341 g/mol. The molecule has 1 heterocycles. The number of carbonyl (C=O) groups excluding carboxylic acids is 1. The molecule has 1 fully saturated rings. The highest BCUT2D eigenvalue weighted by Gasteiger charge is 2.34. The van der Waals surface area contributed by atoms with Gasteiger partial charge in [-0.3, -0.25) is 9.69 Å². The normalized spacial score (nSPS) is 13.2. The summed E-state index contributed by atoms with van der Waals surface area (Å²) in [6, 6.07) is 9.40. The van der Waals surface area contributed by atoms with E-state index in [1.807, 2.05) is 0 Å². The molecular formula is C15H11N5OS2. The van der Waals surface area contributed by atoms with Crippen molar-refractivity contribution in [2.24, 2.45) is 0 Å². The van der Waals surface area contributed by atoms with Crippen LogP contribution in [0, 0.1) is 22.7 Å². The number of aromatic nitrogens is 2. The summed E-state index contributed by atoms with van der Waals surface area (Å²) in [6.45, 7) is 1.52. The Labute approximate surface area is 141 Å². The Kier molecular flexibility index (Phi) is 4.28. The van der Waals surface area contributed by atoms with E-state index in [-0.39, 0.29) is 11.9 Å². The van der Waals surface area contributed by atoms with E-state index in [4.69, 9.17) is 0 Å². The molecule has 6 nitrogen and oxygen atoms in total. The summed E-state index contributed by atoms with van der Waals surface area (Å²) >= 11 is 2.53. The van der Waals surface area contributed by atoms with Gasteiger partial charge >= 0.3 is 0 Å². The number of amides is 1. The van der Waals surface area contributed by atoms with Gasteiger partial charge in [0.2, 0.25) is 11.0 Å². The van der Waals surface area contributed by atoms with Gasteiger partial charge in [-0.1, -0.05) is 29.2 Å². The van der Waals surface area contributed by atoms with Gasteiger partial charge in [-0.15, -0.1) is 10.2 Å². The van der Waals surface area contributed by atoms with Gasteiger partial charge in [-0.2, -0.15) is 10.5 Å². The van der Waals surface area contributed by atoms with E-state index in [1.165, 1.54) is 30.0 Å². The van der Waals surface area contributed by atoms with Crippen molar-refractivity contribution in [3.8, 4) is 12.1 Å². The van der Waals surface area contributed by atoms with Crippen LogP contribution < -0.4 is 4.90 Å². The standard InChI is InChI=1S/C15H11N5OS2/c1-9(21)20(12-5-6-12)14-18-19-15(23-14)22-13-10(7-16)3-2-4-11(13)8-17/h2-4,12H,5-6H2,1H3. The minimum absolute atomic E-state index is 0.0460. The van der Waals surface area contributed by atoms with Crippen LogP contribution in [0.4, 0.5) is 5.13 Å². The van der Waals surface area contributed by atoms with Gasteiger partial charge in [-0.25, -0.2) is 0 Å². The smallest absolute Gasteiger partial charge is 0.225 e. The first-order valence-corrected chi connectivity index (χ1v) is 8.51. The van der Waals surface area contributed by atoms with Crippen LogP contribution in [0.1, 0.15) is 30.9 Å². The summed E-state index contributed by atoms with van der Waals surface area (Å²) in [6.07, 6.45) is 1.97. The van der Waals surface area contributed by atoms with Crippen molar-refractivity contribution in [3.63, 3.8) is 0 Å². The van der Waals surface area contributed by atoms with E-state index in [0.29, 0.717) is 25.5 Å². The number of carbonyl (C=O) groups is 1. The van der Waals surface area contributed by atoms with Crippen LogP contribution in [0.15, 0.2) is 27.4 Å². The quantitative estimate of drug-likeness (QED) is 0.794. The molecule has 8 heteroatoms. The lowest BCUT2D eigenvalue weighted by atomic mass is 10.1. The summed E-state index contributed by atoms with van der Waals surface area (Å²) in [5, 5.41) is 27.2. The number of hydrogen-bond acceptors (Lipinski definition) is 7. The fraction of sp³-hybridized carbons (Fsp3) is 0.267. The first-order valence-electron chi connectivity index (χ1n) is 6.88. The Morgan fingerprint density at radius 3 is 2.48 bits per heavy atom. The monoisotopic (exact) mass is 341 g/mol. The fourth-order valence-corrected chi connectivity index (χ4v) is 4.17. The van der Waals surface area contributed by atoms with Crippen LogP contribution in [0.3, 0.4) is 0 Å². The van der Waals surface area contributed by atoms with Crippen molar-refractivity contribution in [3.05, 3.63) is 29.3 Å². The summed E-state index contributed by atoms with van der Waals surface area (Å²) in [5.74, 6) is -0.0460. The topological polar surface area (TPSA) is 93.7 Å². The van der Waals surface area contributed by atoms with Crippen molar-refractivity contribution < 1.29 is 4.79 Å². The number of benzene rings is 1. The maximum atomic E-state index is 11.8. The molecule has 0 radical (unpaired) electrons. The zero-order valence-electron chi connectivity index (χ0n) is 12.2. The number of nitriles is 2. The van der Waals surface area contributed by atoms with Gasteiger partial charge in [-0.05, 0) is 25.0 Å². The number of hydrogen-bond donors (Lipinski definition) is 0. The summed E-state index contributed by atoms with van der Waals surface area (Å²) in [4.78, 5) is 14.0. The molecule has 2 aromatic rings. The molecule has 23 heavy (non-hydrogen) atoms. The van der Waals surface area contributed by atoms with Crippen LogP contribution in [-0.4, -0.2) is 22.1 Å². The minimum atomic E-state index is -0.0460. The molecule has 1 aromatic heterocycles. The van der Waals surface area contributed by atoms with Crippen LogP contribution in [0.5, 0.6) is 0 Å². The molecule has 0 spiro atoms. The Bertz CT molecular complexity index is 812. The lowest BCUT2D eigenvalue weighted by Crippen LogP contribution is -2.30. The third-order valence-electron chi connectivity index (χ3n) is 3.30. The molecule has 0 bridgehead atoms. The lowest BCUT2D eigenvalue weighted by Gasteiger charge is -2.15. The lowest BCUT2D eigenvalue weighted by molar-refractivity contribution is -0.116. The Morgan fingerprint density at radius 1 is 1.30 bits per heavy atom. The molecule has 1 aliphatic carbocycles. The van der Waals surface area contributed by atoms with Crippen molar-refractivity contribution in [1.29, 1.82) is 10.5 Å². The zero-order chi connectivity index (χ0) is 16.4. The molecule has 1 amide bonds. The van der Waals surface area contributed by atoms with Gasteiger partial charge in [0, 0.05) is 13.0 Å².